The second kappa shape index (κ2) is 5.84. The van der Waals surface area contributed by atoms with Gasteiger partial charge in [-0.05, 0) is 30.9 Å². The third kappa shape index (κ3) is 2.91. The van der Waals surface area contributed by atoms with E-state index in [0.29, 0.717) is 19.5 Å². The van der Waals surface area contributed by atoms with E-state index in [2.05, 4.69) is 4.98 Å². The highest BCUT2D eigenvalue weighted by Crippen LogP contribution is 2.38. The standard InChI is InChI=1S/C16H22N2O3/c1-11(2)16(15(20)21)6-8-18(10-16)14(19)9-13-12(3)5-4-7-17-13/h4-5,7,11H,6,8-10H2,1-3H3,(H,20,21). The smallest absolute Gasteiger partial charge is 0.311 e. The third-order valence-electron chi connectivity index (χ3n) is 4.62. The number of aromatic nitrogens is 1. The van der Waals surface area contributed by atoms with E-state index in [9.17, 15) is 14.7 Å². The maximum absolute atomic E-state index is 12.4. The molecule has 1 unspecified atom stereocenters. The van der Waals surface area contributed by atoms with Crippen LogP contribution < -0.4 is 0 Å². The Morgan fingerprint density at radius 2 is 2.19 bits per heavy atom. The van der Waals surface area contributed by atoms with Crippen molar-refractivity contribution in [2.75, 3.05) is 13.1 Å². The summed E-state index contributed by atoms with van der Waals surface area (Å²) in [5, 5.41) is 9.52. The van der Waals surface area contributed by atoms with Crippen molar-refractivity contribution in [3.8, 4) is 0 Å². The summed E-state index contributed by atoms with van der Waals surface area (Å²) in [6, 6.07) is 3.77. The Balaban J connectivity index is 2.09. The van der Waals surface area contributed by atoms with Crippen molar-refractivity contribution in [2.45, 2.75) is 33.6 Å². The minimum atomic E-state index is -0.811. The molecular weight excluding hydrogens is 268 g/mol. The number of amides is 1. The summed E-state index contributed by atoms with van der Waals surface area (Å²) in [5.41, 5.74) is 0.938. The SMILES string of the molecule is Cc1cccnc1CC(=O)N1CCC(C(=O)O)(C(C)C)C1. The van der Waals surface area contributed by atoms with Crippen LogP contribution in [0.15, 0.2) is 18.3 Å². The van der Waals surface area contributed by atoms with Crippen LogP contribution in [0.1, 0.15) is 31.5 Å². The summed E-state index contributed by atoms with van der Waals surface area (Å²) in [5.74, 6) is -0.841. The second-order valence-electron chi connectivity index (χ2n) is 6.13. The Bertz CT molecular complexity index is 556. The fraction of sp³-hybridized carbons (Fsp3) is 0.562. The summed E-state index contributed by atoms with van der Waals surface area (Å²) >= 11 is 0. The molecule has 5 nitrogen and oxygen atoms in total. The predicted molar refractivity (Wildman–Crippen MR) is 78.8 cm³/mol. The quantitative estimate of drug-likeness (QED) is 0.919. The molecule has 1 fully saturated rings. The molecule has 5 heteroatoms. The van der Waals surface area contributed by atoms with Gasteiger partial charge in [0, 0.05) is 19.3 Å². The van der Waals surface area contributed by atoms with Crippen molar-refractivity contribution < 1.29 is 14.7 Å². The Hall–Kier alpha value is -1.91. The van der Waals surface area contributed by atoms with Crippen molar-refractivity contribution in [1.29, 1.82) is 0 Å². The number of carboxylic acid groups (broad SMARTS) is 1. The third-order valence-corrected chi connectivity index (χ3v) is 4.62. The van der Waals surface area contributed by atoms with Gasteiger partial charge in [0.2, 0.25) is 5.91 Å². The van der Waals surface area contributed by atoms with Crippen molar-refractivity contribution in [3.05, 3.63) is 29.6 Å². The number of aryl methyl sites for hydroxylation is 1. The molecule has 0 bridgehead atoms. The molecule has 1 saturated heterocycles. The Kier molecular flexibility index (Phi) is 4.30. The average Bonchev–Trinajstić information content (AvgIpc) is 2.88. The van der Waals surface area contributed by atoms with Crippen LogP contribution in [0.3, 0.4) is 0 Å². The van der Waals surface area contributed by atoms with E-state index in [1.807, 2.05) is 32.9 Å². The van der Waals surface area contributed by atoms with Crippen LogP contribution in [0.2, 0.25) is 0 Å². The first-order chi connectivity index (χ1) is 9.86. The lowest BCUT2D eigenvalue weighted by Gasteiger charge is -2.28. The zero-order valence-electron chi connectivity index (χ0n) is 12.8. The minimum absolute atomic E-state index is 0.00406. The molecule has 0 aromatic carbocycles. The van der Waals surface area contributed by atoms with E-state index in [1.54, 1.807) is 11.1 Å². The van der Waals surface area contributed by atoms with E-state index in [0.717, 1.165) is 11.3 Å². The highest BCUT2D eigenvalue weighted by molar-refractivity contribution is 5.82. The van der Waals surface area contributed by atoms with Crippen molar-refractivity contribution in [3.63, 3.8) is 0 Å². The first-order valence-electron chi connectivity index (χ1n) is 7.28. The van der Waals surface area contributed by atoms with Gasteiger partial charge in [-0.3, -0.25) is 14.6 Å². The number of likely N-dealkylation sites (tertiary alicyclic amines) is 1. The molecule has 0 aliphatic carbocycles. The van der Waals surface area contributed by atoms with Gasteiger partial charge in [-0.15, -0.1) is 0 Å². The summed E-state index contributed by atoms with van der Waals surface area (Å²) < 4.78 is 0. The lowest BCUT2D eigenvalue weighted by Crippen LogP contribution is -2.41. The highest BCUT2D eigenvalue weighted by atomic mass is 16.4. The number of pyridine rings is 1. The maximum Gasteiger partial charge on any atom is 0.311 e. The zero-order valence-corrected chi connectivity index (χ0v) is 12.8. The van der Waals surface area contributed by atoms with E-state index in [-0.39, 0.29) is 18.2 Å². The van der Waals surface area contributed by atoms with Gasteiger partial charge in [0.1, 0.15) is 0 Å². The summed E-state index contributed by atoms with van der Waals surface area (Å²) in [4.78, 5) is 29.9. The van der Waals surface area contributed by atoms with Crippen LogP contribution in [-0.4, -0.2) is 40.0 Å². The molecule has 21 heavy (non-hydrogen) atoms. The van der Waals surface area contributed by atoms with Crippen LogP contribution >= 0.6 is 0 Å². The molecule has 1 aromatic rings. The van der Waals surface area contributed by atoms with Crippen molar-refractivity contribution in [1.82, 2.24) is 9.88 Å². The van der Waals surface area contributed by atoms with Gasteiger partial charge in [0.15, 0.2) is 0 Å². The Morgan fingerprint density at radius 3 is 2.71 bits per heavy atom. The molecule has 1 aromatic heterocycles. The maximum atomic E-state index is 12.4. The van der Waals surface area contributed by atoms with Crippen LogP contribution in [-0.2, 0) is 16.0 Å². The largest absolute Gasteiger partial charge is 0.481 e. The summed E-state index contributed by atoms with van der Waals surface area (Å²) in [6.07, 6.45) is 2.43. The number of carboxylic acids is 1. The van der Waals surface area contributed by atoms with Crippen molar-refractivity contribution >= 4 is 11.9 Å². The number of hydrogen-bond donors (Lipinski definition) is 1. The molecule has 0 saturated carbocycles. The lowest BCUT2D eigenvalue weighted by molar-refractivity contribution is -0.151. The number of nitrogens with zero attached hydrogens (tertiary/aromatic N) is 2. The first kappa shape index (κ1) is 15.5. The Labute approximate surface area is 125 Å². The van der Waals surface area contributed by atoms with Crippen LogP contribution in [0, 0.1) is 18.3 Å². The summed E-state index contributed by atoms with van der Waals surface area (Å²) in [7, 11) is 0. The minimum Gasteiger partial charge on any atom is -0.481 e. The second-order valence-corrected chi connectivity index (χ2v) is 6.13. The zero-order chi connectivity index (χ0) is 15.6. The normalized spacial score (nSPS) is 21.8. The molecule has 0 radical (unpaired) electrons. The molecule has 1 aliphatic rings. The van der Waals surface area contributed by atoms with E-state index >= 15 is 0 Å². The topological polar surface area (TPSA) is 70.5 Å². The number of hydrogen-bond acceptors (Lipinski definition) is 3. The number of carbonyl (C=O) groups excluding carboxylic acids is 1. The van der Waals surface area contributed by atoms with E-state index in [1.165, 1.54) is 0 Å². The Morgan fingerprint density at radius 1 is 1.48 bits per heavy atom. The highest BCUT2D eigenvalue weighted by Gasteiger charge is 2.48. The number of rotatable bonds is 4. The number of aliphatic carboxylic acids is 1. The molecule has 114 valence electrons. The average molecular weight is 290 g/mol. The summed E-state index contributed by atoms with van der Waals surface area (Å²) in [6.45, 7) is 6.55. The van der Waals surface area contributed by atoms with Gasteiger partial charge in [-0.1, -0.05) is 19.9 Å². The van der Waals surface area contributed by atoms with E-state index < -0.39 is 11.4 Å². The van der Waals surface area contributed by atoms with Gasteiger partial charge in [-0.25, -0.2) is 0 Å². The van der Waals surface area contributed by atoms with Crippen LogP contribution in [0.4, 0.5) is 0 Å². The van der Waals surface area contributed by atoms with Gasteiger partial charge in [0.05, 0.1) is 17.5 Å². The van der Waals surface area contributed by atoms with Gasteiger partial charge >= 0.3 is 5.97 Å². The fourth-order valence-electron chi connectivity index (χ4n) is 2.90. The monoisotopic (exact) mass is 290 g/mol. The van der Waals surface area contributed by atoms with Crippen LogP contribution in [0.5, 0.6) is 0 Å². The number of carbonyl (C=O) groups is 2. The van der Waals surface area contributed by atoms with Crippen molar-refractivity contribution in [2.24, 2.45) is 11.3 Å². The van der Waals surface area contributed by atoms with Crippen LogP contribution in [0.25, 0.3) is 0 Å². The van der Waals surface area contributed by atoms with Gasteiger partial charge in [0.25, 0.3) is 0 Å². The van der Waals surface area contributed by atoms with Gasteiger partial charge in [-0.2, -0.15) is 0 Å². The predicted octanol–water partition coefficient (Wildman–Crippen LogP) is 1.89. The van der Waals surface area contributed by atoms with E-state index in [4.69, 9.17) is 0 Å². The molecule has 1 N–H and O–H groups in total. The first-order valence-corrected chi connectivity index (χ1v) is 7.28. The molecule has 1 aliphatic heterocycles. The molecule has 1 atom stereocenters. The molecule has 2 heterocycles. The molecular formula is C16H22N2O3. The molecule has 2 rings (SSSR count). The molecule has 0 spiro atoms. The van der Waals surface area contributed by atoms with Gasteiger partial charge < -0.3 is 10.0 Å². The lowest BCUT2D eigenvalue weighted by atomic mass is 9.76. The molecule has 1 amide bonds. The fourth-order valence-corrected chi connectivity index (χ4v) is 2.90.